The van der Waals surface area contributed by atoms with Crippen LogP contribution >= 0.6 is 0 Å². The van der Waals surface area contributed by atoms with Crippen molar-refractivity contribution in [3.63, 3.8) is 0 Å². The van der Waals surface area contributed by atoms with Crippen LogP contribution in [0, 0.1) is 17.3 Å². The fourth-order valence-electron chi connectivity index (χ4n) is 3.00. The van der Waals surface area contributed by atoms with Crippen LogP contribution in [-0.4, -0.2) is 22.2 Å². The highest BCUT2D eigenvalue weighted by atomic mass is 16.4. The summed E-state index contributed by atoms with van der Waals surface area (Å²) in [5, 5.41) is 17.4. The van der Waals surface area contributed by atoms with E-state index >= 15 is 0 Å². The molecule has 102 valence electrons. The number of carboxylic acids is 2. The van der Waals surface area contributed by atoms with Gasteiger partial charge in [0.1, 0.15) is 0 Å². The normalized spacial score (nSPS) is 25.2. The van der Waals surface area contributed by atoms with Crippen LogP contribution in [0.4, 0.5) is 0 Å². The van der Waals surface area contributed by atoms with Gasteiger partial charge in [0.15, 0.2) is 0 Å². The van der Waals surface area contributed by atoms with Gasteiger partial charge < -0.3 is 10.2 Å². The highest BCUT2D eigenvalue weighted by Gasteiger charge is 2.47. The Morgan fingerprint density at radius 1 is 1.17 bits per heavy atom. The van der Waals surface area contributed by atoms with E-state index in [0.717, 1.165) is 12.0 Å². The molecule has 18 heavy (non-hydrogen) atoms. The highest BCUT2D eigenvalue weighted by molar-refractivity contribution is 5.67. The van der Waals surface area contributed by atoms with Crippen molar-refractivity contribution in [2.45, 2.75) is 46.0 Å². The number of carbonyl (C=O) groups is 2. The fraction of sp³-hybridized carbons (Fsp3) is 0.714. The minimum Gasteiger partial charge on any atom is -0.481 e. The third-order valence-electron chi connectivity index (χ3n) is 4.09. The Morgan fingerprint density at radius 2 is 1.72 bits per heavy atom. The molecular formula is C14H22O4. The first kappa shape index (κ1) is 14.7. The van der Waals surface area contributed by atoms with Gasteiger partial charge in [0.2, 0.25) is 0 Å². The summed E-state index contributed by atoms with van der Waals surface area (Å²) in [6, 6.07) is 0. The molecule has 1 fully saturated rings. The summed E-state index contributed by atoms with van der Waals surface area (Å²) in [5.41, 5.74) is 1.11. The predicted molar refractivity (Wildman–Crippen MR) is 68.3 cm³/mol. The Balaban J connectivity index is 2.52. The van der Waals surface area contributed by atoms with Crippen LogP contribution < -0.4 is 0 Å². The van der Waals surface area contributed by atoms with Gasteiger partial charge in [-0.15, -0.1) is 0 Å². The zero-order chi connectivity index (χ0) is 13.9. The van der Waals surface area contributed by atoms with Crippen LogP contribution in [0.2, 0.25) is 0 Å². The molecule has 4 nitrogen and oxygen atoms in total. The second-order valence-corrected chi connectivity index (χ2v) is 5.89. The zero-order valence-corrected chi connectivity index (χ0v) is 11.1. The van der Waals surface area contributed by atoms with Crippen LogP contribution in [-0.2, 0) is 9.59 Å². The third kappa shape index (κ3) is 3.59. The number of hydrogen-bond acceptors (Lipinski definition) is 2. The van der Waals surface area contributed by atoms with E-state index in [2.05, 4.69) is 20.4 Å². The standard InChI is InChI=1S/C14H22O4/c1-9(4-6-12(15)16)10-8-14(2,3)11(10)5-7-13(17)18/h10-11H,1,4-8H2,2-3H3,(H,15,16)(H,17,18). The molecule has 0 aliphatic heterocycles. The number of aliphatic carboxylic acids is 2. The molecule has 0 aromatic carbocycles. The average Bonchev–Trinajstić information content (AvgIpc) is 2.22. The van der Waals surface area contributed by atoms with E-state index in [9.17, 15) is 9.59 Å². The van der Waals surface area contributed by atoms with Crippen molar-refractivity contribution in [2.24, 2.45) is 17.3 Å². The van der Waals surface area contributed by atoms with Crippen molar-refractivity contribution < 1.29 is 19.8 Å². The molecule has 0 amide bonds. The summed E-state index contributed by atoms with van der Waals surface area (Å²) >= 11 is 0. The largest absolute Gasteiger partial charge is 0.481 e. The summed E-state index contributed by atoms with van der Waals surface area (Å²) in [7, 11) is 0. The summed E-state index contributed by atoms with van der Waals surface area (Å²) < 4.78 is 0. The summed E-state index contributed by atoms with van der Waals surface area (Å²) in [6.45, 7) is 8.26. The van der Waals surface area contributed by atoms with Gasteiger partial charge in [-0.3, -0.25) is 9.59 Å². The molecule has 0 saturated heterocycles. The first-order chi connectivity index (χ1) is 8.24. The zero-order valence-electron chi connectivity index (χ0n) is 11.1. The molecule has 4 heteroatoms. The molecule has 1 saturated carbocycles. The van der Waals surface area contributed by atoms with Crippen molar-refractivity contribution in [1.29, 1.82) is 0 Å². The monoisotopic (exact) mass is 254 g/mol. The van der Waals surface area contributed by atoms with Crippen LogP contribution in [0.1, 0.15) is 46.0 Å². The van der Waals surface area contributed by atoms with E-state index in [1.165, 1.54) is 0 Å². The Labute approximate surface area is 108 Å². The second-order valence-electron chi connectivity index (χ2n) is 5.89. The Morgan fingerprint density at radius 3 is 2.17 bits per heavy atom. The van der Waals surface area contributed by atoms with E-state index < -0.39 is 11.9 Å². The quantitative estimate of drug-likeness (QED) is 0.685. The van der Waals surface area contributed by atoms with Gasteiger partial charge >= 0.3 is 11.9 Å². The van der Waals surface area contributed by atoms with E-state index in [1.807, 2.05) is 0 Å². The lowest BCUT2D eigenvalue weighted by atomic mass is 9.52. The maximum atomic E-state index is 10.6. The maximum Gasteiger partial charge on any atom is 0.303 e. The second kappa shape index (κ2) is 5.55. The van der Waals surface area contributed by atoms with Crippen molar-refractivity contribution in [3.05, 3.63) is 12.2 Å². The van der Waals surface area contributed by atoms with Gasteiger partial charge in [-0.1, -0.05) is 26.0 Å². The molecule has 2 atom stereocenters. The molecule has 0 aromatic heterocycles. The predicted octanol–water partition coefficient (Wildman–Crippen LogP) is 2.93. The van der Waals surface area contributed by atoms with Crippen molar-refractivity contribution in [1.82, 2.24) is 0 Å². The minimum absolute atomic E-state index is 0.113. The maximum absolute atomic E-state index is 10.6. The summed E-state index contributed by atoms with van der Waals surface area (Å²) in [4.78, 5) is 21.2. The smallest absolute Gasteiger partial charge is 0.303 e. The molecule has 2 N–H and O–H groups in total. The van der Waals surface area contributed by atoms with Gasteiger partial charge in [-0.05, 0) is 36.5 Å². The van der Waals surface area contributed by atoms with Crippen molar-refractivity contribution in [2.75, 3.05) is 0 Å². The SMILES string of the molecule is C=C(CCC(=O)O)C1CC(C)(C)C1CCC(=O)O. The molecule has 1 rings (SSSR count). The van der Waals surface area contributed by atoms with Crippen molar-refractivity contribution in [3.8, 4) is 0 Å². The van der Waals surface area contributed by atoms with E-state index in [0.29, 0.717) is 24.7 Å². The lowest BCUT2D eigenvalue weighted by Gasteiger charge is -2.53. The molecule has 0 bridgehead atoms. The number of carboxylic acid groups (broad SMARTS) is 2. The topological polar surface area (TPSA) is 74.6 Å². The van der Waals surface area contributed by atoms with Gasteiger partial charge in [-0.25, -0.2) is 0 Å². The number of rotatable bonds is 7. The molecule has 2 unspecified atom stereocenters. The summed E-state index contributed by atoms with van der Waals surface area (Å²) in [6.07, 6.45) is 2.42. The van der Waals surface area contributed by atoms with Crippen LogP contribution in [0.15, 0.2) is 12.2 Å². The minimum atomic E-state index is -0.809. The first-order valence-corrected chi connectivity index (χ1v) is 6.35. The molecule has 1 aliphatic carbocycles. The molecule has 1 aliphatic rings. The van der Waals surface area contributed by atoms with Crippen molar-refractivity contribution >= 4 is 11.9 Å². The molecule has 0 aromatic rings. The van der Waals surface area contributed by atoms with Gasteiger partial charge in [0.05, 0.1) is 0 Å². The molecule has 0 spiro atoms. The van der Waals surface area contributed by atoms with Crippen LogP contribution in [0.3, 0.4) is 0 Å². The van der Waals surface area contributed by atoms with E-state index in [4.69, 9.17) is 10.2 Å². The molecular weight excluding hydrogens is 232 g/mol. The first-order valence-electron chi connectivity index (χ1n) is 6.35. The Kier molecular flexibility index (Phi) is 4.54. The van der Waals surface area contributed by atoms with Gasteiger partial charge in [0.25, 0.3) is 0 Å². The average molecular weight is 254 g/mol. The molecule has 0 heterocycles. The highest BCUT2D eigenvalue weighted by Crippen LogP contribution is 2.55. The van der Waals surface area contributed by atoms with Crippen LogP contribution in [0.25, 0.3) is 0 Å². The lowest BCUT2D eigenvalue weighted by molar-refractivity contribution is -0.138. The third-order valence-corrected chi connectivity index (χ3v) is 4.09. The van der Waals surface area contributed by atoms with Gasteiger partial charge in [-0.2, -0.15) is 0 Å². The lowest BCUT2D eigenvalue weighted by Crippen LogP contribution is -2.44. The number of allylic oxidation sites excluding steroid dienone is 1. The van der Waals surface area contributed by atoms with E-state index in [-0.39, 0.29) is 18.3 Å². The molecule has 0 radical (unpaired) electrons. The van der Waals surface area contributed by atoms with E-state index in [1.54, 1.807) is 0 Å². The summed E-state index contributed by atoms with van der Waals surface area (Å²) in [5.74, 6) is -0.974. The fourth-order valence-corrected chi connectivity index (χ4v) is 3.00. The Hall–Kier alpha value is -1.32. The Bertz CT molecular complexity index is 357. The van der Waals surface area contributed by atoms with Gasteiger partial charge in [0, 0.05) is 12.8 Å². The van der Waals surface area contributed by atoms with Crippen LogP contribution in [0.5, 0.6) is 0 Å². The number of hydrogen-bond donors (Lipinski definition) is 2.